The van der Waals surface area contributed by atoms with E-state index < -0.39 is 24.1 Å². The van der Waals surface area contributed by atoms with Crippen LogP contribution >= 0.6 is 0 Å². The van der Waals surface area contributed by atoms with Crippen molar-refractivity contribution in [3.8, 4) is 0 Å². The van der Waals surface area contributed by atoms with E-state index in [0.29, 0.717) is 0 Å². The van der Waals surface area contributed by atoms with Gasteiger partial charge in [-0.25, -0.2) is 0 Å². The molecule has 4 atom stereocenters. The third-order valence-corrected chi connectivity index (χ3v) is 2.27. The predicted octanol–water partition coefficient (Wildman–Crippen LogP) is -0.982. The summed E-state index contributed by atoms with van der Waals surface area (Å²) in [6.45, 7) is 4.72. The van der Waals surface area contributed by atoms with Gasteiger partial charge < -0.3 is 24.8 Å². The Morgan fingerprint density at radius 1 is 1.64 bits per heavy atom. The van der Waals surface area contributed by atoms with Crippen molar-refractivity contribution in [2.45, 2.75) is 31.0 Å². The molecule has 2 unspecified atom stereocenters. The fourth-order valence-electron chi connectivity index (χ4n) is 1.39. The van der Waals surface area contributed by atoms with Crippen LogP contribution < -0.4 is 0 Å². The van der Waals surface area contributed by atoms with Gasteiger partial charge in [0.15, 0.2) is 6.29 Å². The Morgan fingerprint density at radius 3 is 2.71 bits per heavy atom. The molecular formula is C9H16O5. The Morgan fingerprint density at radius 2 is 2.29 bits per heavy atom. The minimum atomic E-state index is -1.50. The predicted molar refractivity (Wildman–Crippen MR) is 48.5 cm³/mol. The Hall–Kier alpha value is -0.460. The minimum Gasteiger partial charge on any atom is -0.394 e. The molecule has 1 saturated heterocycles. The number of aliphatic hydroxyl groups is 3. The lowest BCUT2D eigenvalue weighted by Crippen LogP contribution is -2.46. The Labute approximate surface area is 82.6 Å². The van der Waals surface area contributed by atoms with Gasteiger partial charge in [0.1, 0.15) is 17.8 Å². The fourth-order valence-corrected chi connectivity index (χ4v) is 1.39. The van der Waals surface area contributed by atoms with Gasteiger partial charge in [-0.3, -0.25) is 0 Å². The average molecular weight is 204 g/mol. The van der Waals surface area contributed by atoms with Crippen LogP contribution in [0, 0.1) is 0 Å². The Bertz CT molecular complexity index is 203. The van der Waals surface area contributed by atoms with Crippen molar-refractivity contribution in [1.29, 1.82) is 0 Å². The van der Waals surface area contributed by atoms with Gasteiger partial charge in [-0.15, -0.1) is 6.58 Å². The largest absolute Gasteiger partial charge is 0.394 e. The molecule has 0 aromatic carbocycles. The zero-order chi connectivity index (χ0) is 10.8. The molecule has 1 aliphatic heterocycles. The summed E-state index contributed by atoms with van der Waals surface area (Å²) in [6.07, 6.45) is -1.38. The van der Waals surface area contributed by atoms with Crippen molar-refractivity contribution in [2.24, 2.45) is 0 Å². The number of hydrogen-bond donors (Lipinski definition) is 3. The van der Waals surface area contributed by atoms with Gasteiger partial charge in [-0.05, 0) is 6.92 Å². The number of rotatable bonds is 4. The van der Waals surface area contributed by atoms with Crippen LogP contribution in [0.2, 0.25) is 0 Å². The smallest absolute Gasteiger partial charge is 0.189 e. The standard InChI is InChI=1S/C9H16O5/c1-3-4-13-8-9(2,12)7(11)6(5-10)14-8/h3,6-8,10-12H,1,4-5H2,2H3/t6?,7-,8?,9-/m1/s1. The molecule has 5 heteroatoms. The lowest BCUT2D eigenvalue weighted by Gasteiger charge is -2.25. The van der Waals surface area contributed by atoms with E-state index in [1.54, 1.807) is 0 Å². The van der Waals surface area contributed by atoms with E-state index in [-0.39, 0.29) is 13.2 Å². The normalized spacial score (nSPS) is 42.7. The van der Waals surface area contributed by atoms with Crippen molar-refractivity contribution in [2.75, 3.05) is 13.2 Å². The number of ether oxygens (including phenoxy) is 2. The van der Waals surface area contributed by atoms with Gasteiger partial charge >= 0.3 is 0 Å². The summed E-state index contributed by atoms with van der Waals surface area (Å²) in [5, 5.41) is 28.2. The molecule has 0 bridgehead atoms. The topological polar surface area (TPSA) is 79.2 Å². The van der Waals surface area contributed by atoms with Crippen molar-refractivity contribution in [3.05, 3.63) is 12.7 Å². The first-order valence-corrected chi connectivity index (χ1v) is 4.43. The highest BCUT2D eigenvalue weighted by Crippen LogP contribution is 2.31. The molecule has 82 valence electrons. The zero-order valence-electron chi connectivity index (χ0n) is 8.09. The van der Waals surface area contributed by atoms with E-state index in [0.717, 1.165) is 0 Å². The quantitative estimate of drug-likeness (QED) is 0.513. The van der Waals surface area contributed by atoms with Crippen molar-refractivity contribution < 1.29 is 24.8 Å². The summed E-state index contributed by atoms with van der Waals surface area (Å²) in [6, 6.07) is 0. The molecule has 0 aromatic heterocycles. The maximum atomic E-state index is 9.81. The van der Waals surface area contributed by atoms with E-state index in [1.165, 1.54) is 13.0 Å². The average Bonchev–Trinajstić information content (AvgIpc) is 2.37. The van der Waals surface area contributed by atoms with Gasteiger partial charge in [0.25, 0.3) is 0 Å². The molecule has 1 aliphatic rings. The molecular weight excluding hydrogens is 188 g/mol. The molecule has 0 aliphatic carbocycles. The van der Waals surface area contributed by atoms with Crippen LogP contribution in [0.4, 0.5) is 0 Å². The van der Waals surface area contributed by atoms with Crippen LogP contribution in [-0.4, -0.2) is 52.6 Å². The maximum absolute atomic E-state index is 9.81. The third kappa shape index (κ3) is 1.97. The number of aliphatic hydroxyl groups excluding tert-OH is 2. The summed E-state index contributed by atoms with van der Waals surface area (Å²) in [4.78, 5) is 0. The highest BCUT2D eigenvalue weighted by Gasteiger charge is 2.52. The van der Waals surface area contributed by atoms with Crippen LogP contribution in [0.3, 0.4) is 0 Å². The zero-order valence-corrected chi connectivity index (χ0v) is 8.09. The van der Waals surface area contributed by atoms with E-state index in [9.17, 15) is 10.2 Å². The lowest BCUT2D eigenvalue weighted by atomic mass is 9.98. The molecule has 0 amide bonds. The summed E-state index contributed by atoms with van der Waals surface area (Å²) in [5.41, 5.74) is -1.50. The molecule has 0 saturated carbocycles. The molecule has 5 nitrogen and oxygen atoms in total. The van der Waals surface area contributed by atoms with E-state index in [1.807, 2.05) is 0 Å². The molecule has 14 heavy (non-hydrogen) atoms. The van der Waals surface area contributed by atoms with Crippen LogP contribution in [0.1, 0.15) is 6.92 Å². The first-order chi connectivity index (χ1) is 6.54. The van der Waals surface area contributed by atoms with Crippen LogP contribution in [-0.2, 0) is 9.47 Å². The van der Waals surface area contributed by atoms with Crippen LogP contribution in [0.5, 0.6) is 0 Å². The molecule has 1 fully saturated rings. The van der Waals surface area contributed by atoms with Crippen LogP contribution in [0.25, 0.3) is 0 Å². The molecule has 1 rings (SSSR count). The number of hydrogen-bond acceptors (Lipinski definition) is 5. The van der Waals surface area contributed by atoms with Gasteiger partial charge in [-0.2, -0.15) is 0 Å². The van der Waals surface area contributed by atoms with E-state index in [4.69, 9.17) is 14.6 Å². The maximum Gasteiger partial charge on any atom is 0.189 e. The molecule has 0 aromatic rings. The fraction of sp³-hybridized carbons (Fsp3) is 0.778. The Balaban J connectivity index is 2.64. The summed E-state index contributed by atoms with van der Waals surface area (Å²) < 4.78 is 10.2. The molecule has 0 radical (unpaired) electrons. The highest BCUT2D eigenvalue weighted by atomic mass is 16.7. The molecule has 3 N–H and O–H groups in total. The lowest BCUT2D eigenvalue weighted by molar-refractivity contribution is -0.195. The van der Waals surface area contributed by atoms with Gasteiger partial charge in [0.2, 0.25) is 0 Å². The van der Waals surface area contributed by atoms with Crippen molar-refractivity contribution in [3.63, 3.8) is 0 Å². The molecule has 0 spiro atoms. The third-order valence-electron chi connectivity index (χ3n) is 2.27. The van der Waals surface area contributed by atoms with Crippen molar-refractivity contribution in [1.82, 2.24) is 0 Å². The first kappa shape index (κ1) is 11.6. The van der Waals surface area contributed by atoms with Crippen molar-refractivity contribution >= 4 is 0 Å². The SMILES string of the molecule is C=CCOC1OC(CO)[C@@H](O)[C@@]1(C)O. The second-order valence-corrected chi connectivity index (χ2v) is 3.48. The second kappa shape index (κ2) is 4.37. The van der Waals surface area contributed by atoms with E-state index >= 15 is 0 Å². The minimum absolute atomic E-state index is 0.214. The summed E-state index contributed by atoms with van der Waals surface area (Å²) in [5.74, 6) is 0. The van der Waals surface area contributed by atoms with Gasteiger partial charge in [0, 0.05) is 0 Å². The van der Waals surface area contributed by atoms with E-state index in [2.05, 4.69) is 6.58 Å². The molecule has 1 heterocycles. The second-order valence-electron chi connectivity index (χ2n) is 3.48. The highest BCUT2D eigenvalue weighted by molar-refractivity contribution is 4.97. The monoisotopic (exact) mass is 204 g/mol. The summed E-state index contributed by atoms with van der Waals surface area (Å²) in [7, 11) is 0. The van der Waals surface area contributed by atoms with Crippen LogP contribution in [0.15, 0.2) is 12.7 Å². The summed E-state index contributed by atoms with van der Waals surface area (Å²) >= 11 is 0. The van der Waals surface area contributed by atoms with Gasteiger partial charge in [-0.1, -0.05) is 6.08 Å². The Kier molecular flexibility index (Phi) is 3.63. The first-order valence-electron chi connectivity index (χ1n) is 4.43. The van der Waals surface area contributed by atoms with Gasteiger partial charge in [0.05, 0.1) is 13.2 Å².